The summed E-state index contributed by atoms with van der Waals surface area (Å²) in [5.41, 5.74) is 1.71. The number of carbonyl (C=O) groups excluding carboxylic acids is 4. The monoisotopic (exact) mass is 487 g/mol. The Morgan fingerprint density at radius 1 is 1.24 bits per heavy atom. The second-order valence-corrected chi connectivity index (χ2v) is 9.25. The highest BCUT2D eigenvalue weighted by atomic mass is 32.1. The Kier molecular flexibility index (Phi) is 6.82. The molecular formula is C23H26FN5O4S. The van der Waals surface area contributed by atoms with Gasteiger partial charge in [-0.25, -0.2) is 9.18 Å². The van der Waals surface area contributed by atoms with Crippen molar-refractivity contribution >= 4 is 46.5 Å². The van der Waals surface area contributed by atoms with Crippen molar-refractivity contribution in [2.45, 2.75) is 45.8 Å². The van der Waals surface area contributed by atoms with Crippen LogP contribution in [0.15, 0.2) is 24.3 Å². The van der Waals surface area contributed by atoms with Crippen LogP contribution in [0, 0.1) is 5.82 Å². The zero-order valence-electron chi connectivity index (χ0n) is 18.9. The summed E-state index contributed by atoms with van der Waals surface area (Å²) >= 11 is 1.27. The molecule has 5 amide bonds. The fourth-order valence-corrected chi connectivity index (χ4v) is 5.30. The molecule has 11 heteroatoms. The van der Waals surface area contributed by atoms with Gasteiger partial charge < -0.3 is 20.4 Å². The standard InChI is InChI=1S/C23H26FN5O4S/c1-3-28(4-2)18-10-14(5-6-16(18)24)26-23(33)25-11-15-9-13-12-29(22(32)20(13)34-15)17-7-8-19(30)27-21(17)31/h5-6,9-10,17H,3-4,7-8,11-12H2,1-2H3,(H2,25,26,33)(H,27,30,31). The smallest absolute Gasteiger partial charge is 0.319 e. The van der Waals surface area contributed by atoms with Gasteiger partial charge >= 0.3 is 6.03 Å². The molecule has 1 unspecified atom stereocenters. The topological polar surface area (TPSA) is 111 Å². The lowest BCUT2D eigenvalue weighted by atomic mass is 10.0. The van der Waals surface area contributed by atoms with Crippen molar-refractivity contribution in [1.82, 2.24) is 15.5 Å². The Balaban J connectivity index is 1.34. The van der Waals surface area contributed by atoms with Gasteiger partial charge in [-0.1, -0.05) is 0 Å². The maximum Gasteiger partial charge on any atom is 0.319 e. The van der Waals surface area contributed by atoms with E-state index in [9.17, 15) is 23.6 Å². The van der Waals surface area contributed by atoms with Gasteiger partial charge in [-0.05, 0) is 50.1 Å². The molecule has 4 rings (SSSR count). The van der Waals surface area contributed by atoms with Crippen molar-refractivity contribution in [2.75, 3.05) is 23.3 Å². The lowest BCUT2D eigenvalue weighted by Crippen LogP contribution is -2.52. The molecule has 34 heavy (non-hydrogen) atoms. The number of hydrogen-bond acceptors (Lipinski definition) is 6. The Hall–Kier alpha value is -3.47. The van der Waals surface area contributed by atoms with Crippen molar-refractivity contribution in [3.8, 4) is 0 Å². The SMILES string of the molecule is CCN(CC)c1cc(NC(=O)NCc2cc3c(s2)C(=O)N(C2CCC(=O)NC2=O)C3)ccc1F. The first-order valence-corrected chi connectivity index (χ1v) is 12.0. The van der Waals surface area contributed by atoms with Crippen LogP contribution in [0.4, 0.5) is 20.6 Å². The highest BCUT2D eigenvalue weighted by Crippen LogP contribution is 2.33. The van der Waals surface area contributed by atoms with E-state index in [2.05, 4.69) is 16.0 Å². The minimum absolute atomic E-state index is 0.211. The van der Waals surface area contributed by atoms with Gasteiger partial charge in [0.2, 0.25) is 11.8 Å². The van der Waals surface area contributed by atoms with Crippen molar-refractivity contribution in [3.63, 3.8) is 0 Å². The predicted octanol–water partition coefficient (Wildman–Crippen LogP) is 2.82. The van der Waals surface area contributed by atoms with Crippen LogP contribution in [0.3, 0.4) is 0 Å². The van der Waals surface area contributed by atoms with Crippen LogP contribution in [0.1, 0.15) is 46.8 Å². The summed E-state index contributed by atoms with van der Waals surface area (Å²) in [4.78, 5) is 53.4. The van der Waals surface area contributed by atoms with Crippen LogP contribution < -0.4 is 20.9 Å². The van der Waals surface area contributed by atoms with Crippen LogP contribution in [0.2, 0.25) is 0 Å². The van der Waals surface area contributed by atoms with Gasteiger partial charge in [-0.3, -0.25) is 19.7 Å². The molecule has 1 aromatic carbocycles. The fraction of sp³-hybridized carbons (Fsp3) is 0.391. The maximum absolute atomic E-state index is 14.2. The number of rotatable bonds is 7. The van der Waals surface area contributed by atoms with Gasteiger partial charge in [0.15, 0.2) is 0 Å². The number of halogens is 1. The number of carbonyl (C=O) groups is 4. The van der Waals surface area contributed by atoms with E-state index in [1.807, 2.05) is 24.8 Å². The molecule has 1 saturated heterocycles. The fourth-order valence-electron chi connectivity index (χ4n) is 4.23. The lowest BCUT2D eigenvalue weighted by Gasteiger charge is -2.29. The number of amides is 5. The van der Waals surface area contributed by atoms with Crippen LogP contribution in [-0.2, 0) is 22.7 Å². The van der Waals surface area contributed by atoms with E-state index < -0.39 is 18.0 Å². The van der Waals surface area contributed by atoms with Crippen molar-refractivity contribution < 1.29 is 23.6 Å². The number of hydrogen-bond donors (Lipinski definition) is 3. The zero-order valence-corrected chi connectivity index (χ0v) is 19.8. The molecule has 0 aliphatic carbocycles. The molecule has 1 fully saturated rings. The largest absolute Gasteiger partial charge is 0.370 e. The van der Waals surface area contributed by atoms with E-state index in [1.54, 1.807) is 6.07 Å². The first kappa shape index (κ1) is 23.7. The molecule has 180 valence electrons. The average Bonchev–Trinajstić information content (AvgIpc) is 3.34. The molecule has 3 heterocycles. The quantitative estimate of drug-likeness (QED) is 0.520. The summed E-state index contributed by atoms with van der Waals surface area (Å²) in [5, 5.41) is 7.75. The number of fused-ring (bicyclic) bond motifs is 1. The van der Waals surface area contributed by atoms with Crippen molar-refractivity contribution in [3.05, 3.63) is 45.4 Å². The second kappa shape index (κ2) is 9.80. The number of thiophene rings is 1. The second-order valence-electron chi connectivity index (χ2n) is 8.11. The Morgan fingerprint density at radius 3 is 2.68 bits per heavy atom. The van der Waals surface area contributed by atoms with E-state index in [1.165, 1.54) is 28.4 Å². The highest BCUT2D eigenvalue weighted by Gasteiger charge is 2.40. The van der Waals surface area contributed by atoms with Gasteiger partial charge in [0.05, 0.1) is 17.1 Å². The minimum atomic E-state index is -0.644. The van der Waals surface area contributed by atoms with E-state index in [-0.39, 0.29) is 30.6 Å². The third-order valence-corrected chi connectivity index (χ3v) is 7.14. The van der Waals surface area contributed by atoms with Gasteiger partial charge in [0.25, 0.3) is 5.91 Å². The third kappa shape index (κ3) is 4.74. The summed E-state index contributed by atoms with van der Waals surface area (Å²) in [6.45, 7) is 5.68. The molecule has 1 aromatic heterocycles. The average molecular weight is 488 g/mol. The molecule has 0 bridgehead atoms. The highest BCUT2D eigenvalue weighted by molar-refractivity contribution is 7.14. The van der Waals surface area contributed by atoms with Gasteiger partial charge in [-0.15, -0.1) is 11.3 Å². The molecule has 3 N–H and O–H groups in total. The van der Waals surface area contributed by atoms with Crippen molar-refractivity contribution in [1.29, 1.82) is 0 Å². The number of nitrogens with one attached hydrogen (secondary N) is 3. The Bertz CT molecular complexity index is 1150. The van der Waals surface area contributed by atoms with Crippen LogP contribution >= 0.6 is 11.3 Å². The lowest BCUT2D eigenvalue weighted by molar-refractivity contribution is -0.136. The molecular weight excluding hydrogens is 461 g/mol. The number of benzene rings is 1. The first-order valence-electron chi connectivity index (χ1n) is 11.2. The summed E-state index contributed by atoms with van der Waals surface area (Å²) in [5.74, 6) is -1.35. The van der Waals surface area contributed by atoms with Crippen molar-refractivity contribution in [2.24, 2.45) is 0 Å². The summed E-state index contributed by atoms with van der Waals surface area (Å²) in [7, 11) is 0. The number of imide groups is 1. The molecule has 2 aliphatic rings. The molecule has 2 aromatic rings. The van der Waals surface area contributed by atoms with Crippen LogP contribution in [0.25, 0.3) is 0 Å². The Morgan fingerprint density at radius 2 is 2.00 bits per heavy atom. The minimum Gasteiger partial charge on any atom is -0.370 e. The zero-order chi connectivity index (χ0) is 24.4. The van der Waals surface area contributed by atoms with E-state index in [4.69, 9.17) is 0 Å². The van der Waals surface area contributed by atoms with E-state index in [0.717, 1.165) is 10.4 Å². The van der Waals surface area contributed by atoms with Crippen LogP contribution in [0.5, 0.6) is 0 Å². The maximum atomic E-state index is 14.2. The molecule has 9 nitrogen and oxygen atoms in total. The van der Waals surface area contributed by atoms with E-state index >= 15 is 0 Å². The number of nitrogens with zero attached hydrogens (tertiary/aromatic N) is 2. The summed E-state index contributed by atoms with van der Waals surface area (Å²) in [6, 6.07) is 5.19. The predicted molar refractivity (Wildman–Crippen MR) is 126 cm³/mol. The molecule has 2 aliphatic heterocycles. The number of anilines is 2. The number of urea groups is 1. The third-order valence-electron chi connectivity index (χ3n) is 5.97. The summed E-state index contributed by atoms with van der Waals surface area (Å²) < 4.78 is 14.2. The van der Waals surface area contributed by atoms with Gasteiger partial charge in [0, 0.05) is 36.6 Å². The first-order chi connectivity index (χ1) is 16.3. The molecule has 0 radical (unpaired) electrons. The molecule has 0 spiro atoms. The van der Waals surface area contributed by atoms with Gasteiger partial charge in [-0.2, -0.15) is 0 Å². The summed E-state index contributed by atoms with van der Waals surface area (Å²) in [6.07, 6.45) is 0.530. The molecule has 1 atom stereocenters. The van der Waals surface area contributed by atoms with Gasteiger partial charge in [0.1, 0.15) is 11.9 Å². The normalized spacial score (nSPS) is 17.4. The number of piperidine rings is 1. The molecule has 0 saturated carbocycles. The Labute approximate surface area is 200 Å². The van der Waals surface area contributed by atoms with Crippen LogP contribution in [-0.4, -0.2) is 47.8 Å². The van der Waals surface area contributed by atoms with E-state index in [0.29, 0.717) is 42.3 Å².